The molecule has 1 aromatic rings. The first-order chi connectivity index (χ1) is 8.10. The largest absolute Gasteiger partial charge is 0.479 e. The molecule has 0 bridgehead atoms. The standard InChI is InChI=1S/C11H12ClN3O2/c1-6-11(16)15-8-4-7(14-10(13)5-12)2-3-9(8)17-6/h2-4,6H,5H2,1H3,(H2,13,14)(H,15,16). The first-order valence-corrected chi connectivity index (χ1v) is 5.64. The number of fused-ring (bicyclic) bond motifs is 1. The van der Waals surface area contributed by atoms with Gasteiger partial charge in [-0.1, -0.05) is 0 Å². The van der Waals surface area contributed by atoms with Crippen LogP contribution in [0.25, 0.3) is 0 Å². The normalized spacial score (nSPS) is 19.3. The summed E-state index contributed by atoms with van der Waals surface area (Å²) >= 11 is 5.54. The van der Waals surface area contributed by atoms with E-state index in [-0.39, 0.29) is 11.8 Å². The van der Waals surface area contributed by atoms with E-state index in [0.717, 1.165) is 0 Å². The number of hydrogen-bond donors (Lipinski definition) is 2. The van der Waals surface area contributed by atoms with Crippen LogP contribution in [-0.4, -0.2) is 23.7 Å². The van der Waals surface area contributed by atoms with Gasteiger partial charge < -0.3 is 15.8 Å². The molecule has 0 fully saturated rings. The Kier molecular flexibility index (Phi) is 3.19. The predicted molar refractivity (Wildman–Crippen MR) is 67.2 cm³/mol. The van der Waals surface area contributed by atoms with Crippen molar-refractivity contribution >= 4 is 34.7 Å². The summed E-state index contributed by atoms with van der Waals surface area (Å²) in [5.41, 5.74) is 6.75. The van der Waals surface area contributed by atoms with Crippen LogP contribution < -0.4 is 15.8 Å². The minimum absolute atomic E-state index is 0.164. The van der Waals surface area contributed by atoms with Crippen molar-refractivity contribution in [2.45, 2.75) is 13.0 Å². The second-order valence-electron chi connectivity index (χ2n) is 3.67. The first-order valence-electron chi connectivity index (χ1n) is 5.10. The summed E-state index contributed by atoms with van der Waals surface area (Å²) in [5, 5.41) is 2.73. The fourth-order valence-corrected chi connectivity index (χ4v) is 1.52. The SMILES string of the molecule is CC1Oc2ccc(N=C(N)CCl)cc2NC1=O. The van der Waals surface area contributed by atoms with Gasteiger partial charge in [-0.15, -0.1) is 11.6 Å². The van der Waals surface area contributed by atoms with Crippen LogP contribution in [-0.2, 0) is 4.79 Å². The number of amidine groups is 1. The number of amides is 1. The highest BCUT2D eigenvalue weighted by molar-refractivity contribution is 6.28. The van der Waals surface area contributed by atoms with Crippen molar-refractivity contribution in [1.82, 2.24) is 0 Å². The molecule has 0 radical (unpaired) electrons. The maximum absolute atomic E-state index is 11.4. The van der Waals surface area contributed by atoms with Gasteiger partial charge in [0.05, 0.1) is 17.3 Å². The van der Waals surface area contributed by atoms with Gasteiger partial charge in [-0.2, -0.15) is 0 Å². The van der Waals surface area contributed by atoms with Crippen LogP contribution in [0.15, 0.2) is 23.2 Å². The fraction of sp³-hybridized carbons (Fsp3) is 0.273. The van der Waals surface area contributed by atoms with E-state index in [1.54, 1.807) is 25.1 Å². The Morgan fingerprint density at radius 2 is 2.41 bits per heavy atom. The third-order valence-electron chi connectivity index (χ3n) is 2.30. The summed E-state index contributed by atoms with van der Waals surface area (Å²) in [6, 6.07) is 5.19. The number of hydrogen-bond acceptors (Lipinski definition) is 3. The molecular formula is C11H12ClN3O2. The molecule has 3 N–H and O–H groups in total. The number of anilines is 1. The quantitative estimate of drug-likeness (QED) is 0.478. The maximum Gasteiger partial charge on any atom is 0.265 e. The smallest absolute Gasteiger partial charge is 0.265 e. The van der Waals surface area contributed by atoms with Crippen molar-refractivity contribution < 1.29 is 9.53 Å². The molecule has 2 rings (SSSR count). The van der Waals surface area contributed by atoms with E-state index in [2.05, 4.69) is 10.3 Å². The van der Waals surface area contributed by atoms with E-state index in [4.69, 9.17) is 22.1 Å². The predicted octanol–water partition coefficient (Wildman–Crippen LogP) is 1.63. The second kappa shape index (κ2) is 4.63. The summed E-state index contributed by atoms with van der Waals surface area (Å²) in [6.07, 6.45) is -0.482. The molecule has 0 aliphatic carbocycles. The lowest BCUT2D eigenvalue weighted by Gasteiger charge is -2.23. The average molecular weight is 254 g/mol. The van der Waals surface area contributed by atoms with Crippen LogP contribution >= 0.6 is 11.6 Å². The van der Waals surface area contributed by atoms with E-state index in [1.165, 1.54) is 0 Å². The number of carbonyl (C=O) groups is 1. The minimum Gasteiger partial charge on any atom is -0.479 e. The van der Waals surface area contributed by atoms with Crippen molar-refractivity contribution in [1.29, 1.82) is 0 Å². The molecule has 6 heteroatoms. The molecule has 1 aromatic carbocycles. The second-order valence-corrected chi connectivity index (χ2v) is 3.93. The van der Waals surface area contributed by atoms with Gasteiger partial charge in [0, 0.05) is 0 Å². The molecule has 0 aromatic heterocycles. The van der Waals surface area contributed by atoms with Crippen LogP contribution in [0.5, 0.6) is 5.75 Å². The summed E-state index contributed by atoms with van der Waals surface area (Å²) in [7, 11) is 0. The molecule has 1 heterocycles. The number of benzene rings is 1. The van der Waals surface area contributed by atoms with Crippen molar-refractivity contribution in [3.63, 3.8) is 0 Å². The molecular weight excluding hydrogens is 242 g/mol. The van der Waals surface area contributed by atoms with Gasteiger partial charge >= 0.3 is 0 Å². The van der Waals surface area contributed by atoms with E-state index in [9.17, 15) is 4.79 Å². The Morgan fingerprint density at radius 3 is 3.12 bits per heavy atom. The van der Waals surface area contributed by atoms with Gasteiger partial charge in [0.2, 0.25) is 0 Å². The topological polar surface area (TPSA) is 76.7 Å². The fourth-order valence-electron chi connectivity index (χ4n) is 1.46. The number of ether oxygens (including phenoxy) is 1. The van der Waals surface area contributed by atoms with Crippen LogP contribution in [0.4, 0.5) is 11.4 Å². The Hall–Kier alpha value is -1.75. The molecule has 0 saturated carbocycles. The summed E-state index contributed by atoms with van der Waals surface area (Å²) in [4.78, 5) is 15.5. The number of halogens is 1. The molecule has 1 aliphatic rings. The zero-order valence-corrected chi connectivity index (χ0v) is 9.99. The van der Waals surface area contributed by atoms with Gasteiger partial charge in [0.15, 0.2) is 6.10 Å². The molecule has 1 aliphatic heterocycles. The van der Waals surface area contributed by atoms with Crippen LogP contribution in [0.3, 0.4) is 0 Å². The van der Waals surface area contributed by atoms with E-state index in [0.29, 0.717) is 23.0 Å². The molecule has 90 valence electrons. The summed E-state index contributed by atoms with van der Waals surface area (Å²) < 4.78 is 5.41. The van der Waals surface area contributed by atoms with Gasteiger partial charge in [-0.25, -0.2) is 4.99 Å². The summed E-state index contributed by atoms with van der Waals surface area (Å²) in [6.45, 7) is 1.69. The highest BCUT2D eigenvalue weighted by Gasteiger charge is 2.23. The molecule has 1 atom stereocenters. The number of nitrogens with one attached hydrogen (secondary N) is 1. The van der Waals surface area contributed by atoms with E-state index < -0.39 is 6.10 Å². The Bertz CT molecular complexity index is 488. The average Bonchev–Trinajstić information content (AvgIpc) is 2.31. The number of aliphatic imine (C=N–C) groups is 1. The van der Waals surface area contributed by atoms with Gasteiger partial charge in [-0.3, -0.25) is 4.79 Å². The molecule has 1 unspecified atom stereocenters. The number of nitrogens with zero attached hydrogens (tertiary/aromatic N) is 1. The van der Waals surface area contributed by atoms with Gasteiger partial charge in [0.1, 0.15) is 11.6 Å². The number of nitrogens with two attached hydrogens (primary N) is 1. The highest BCUT2D eigenvalue weighted by Crippen LogP contribution is 2.33. The van der Waals surface area contributed by atoms with Crippen molar-refractivity contribution in [3.05, 3.63) is 18.2 Å². The lowest BCUT2D eigenvalue weighted by molar-refractivity contribution is -0.122. The van der Waals surface area contributed by atoms with Crippen molar-refractivity contribution in [2.24, 2.45) is 10.7 Å². The Balaban J connectivity index is 2.32. The molecule has 5 nitrogen and oxygen atoms in total. The van der Waals surface area contributed by atoms with E-state index >= 15 is 0 Å². The lowest BCUT2D eigenvalue weighted by Crippen LogP contribution is -2.34. The van der Waals surface area contributed by atoms with Gasteiger partial charge in [-0.05, 0) is 25.1 Å². The lowest BCUT2D eigenvalue weighted by atomic mass is 10.2. The number of rotatable bonds is 2. The zero-order valence-electron chi connectivity index (χ0n) is 9.24. The third-order valence-corrected chi connectivity index (χ3v) is 2.58. The maximum atomic E-state index is 11.4. The van der Waals surface area contributed by atoms with Crippen molar-refractivity contribution in [2.75, 3.05) is 11.2 Å². The van der Waals surface area contributed by atoms with Crippen LogP contribution in [0.2, 0.25) is 0 Å². The third kappa shape index (κ3) is 2.50. The number of alkyl halides is 1. The molecule has 0 saturated heterocycles. The number of carbonyl (C=O) groups excluding carboxylic acids is 1. The monoisotopic (exact) mass is 253 g/mol. The Labute approximate surface area is 104 Å². The van der Waals surface area contributed by atoms with E-state index in [1.807, 2.05) is 0 Å². The molecule has 1 amide bonds. The molecule has 17 heavy (non-hydrogen) atoms. The zero-order chi connectivity index (χ0) is 12.4. The minimum atomic E-state index is -0.482. The van der Waals surface area contributed by atoms with Crippen LogP contribution in [0.1, 0.15) is 6.92 Å². The summed E-state index contributed by atoms with van der Waals surface area (Å²) in [5.74, 6) is 0.934. The van der Waals surface area contributed by atoms with Gasteiger partial charge in [0.25, 0.3) is 5.91 Å². The highest BCUT2D eigenvalue weighted by atomic mass is 35.5. The molecule has 0 spiro atoms. The Morgan fingerprint density at radius 1 is 1.65 bits per heavy atom. The first kappa shape index (κ1) is 11.7. The van der Waals surface area contributed by atoms with Crippen LogP contribution in [0, 0.1) is 0 Å². The van der Waals surface area contributed by atoms with Crippen molar-refractivity contribution in [3.8, 4) is 5.75 Å².